The molecule has 0 fully saturated rings. The fraction of sp³-hybridized carbons (Fsp3) is 0.231. The second-order valence-electron chi connectivity index (χ2n) is 4.14. The zero-order valence-electron chi connectivity index (χ0n) is 11.1. The molecule has 2 aromatic rings. The summed E-state index contributed by atoms with van der Waals surface area (Å²) in [6.45, 7) is 0.982. The van der Waals surface area contributed by atoms with Crippen LogP contribution in [0.2, 0.25) is 0 Å². The number of aromatic nitrogens is 1. The van der Waals surface area contributed by atoms with Crippen molar-refractivity contribution in [2.75, 3.05) is 25.6 Å². The van der Waals surface area contributed by atoms with Crippen LogP contribution >= 0.6 is 11.3 Å². The van der Waals surface area contributed by atoms with Crippen LogP contribution in [-0.4, -0.2) is 36.5 Å². The summed E-state index contributed by atoms with van der Waals surface area (Å²) in [5.74, 6) is 1.17. The van der Waals surface area contributed by atoms with Gasteiger partial charge >= 0.3 is 6.09 Å². The highest BCUT2D eigenvalue weighted by atomic mass is 32.1. The van der Waals surface area contributed by atoms with Gasteiger partial charge in [-0.1, -0.05) is 11.3 Å². The Morgan fingerprint density at radius 2 is 2.33 bits per heavy atom. The van der Waals surface area contributed by atoms with E-state index in [0.717, 1.165) is 10.3 Å². The van der Waals surface area contributed by atoms with Gasteiger partial charge in [-0.3, -0.25) is 5.32 Å². The van der Waals surface area contributed by atoms with Crippen molar-refractivity contribution in [1.29, 1.82) is 0 Å². The highest BCUT2D eigenvalue weighted by Crippen LogP contribution is 2.38. The number of thiazole rings is 1. The average molecular weight is 308 g/mol. The maximum absolute atomic E-state index is 10.8. The number of amides is 1. The maximum Gasteiger partial charge on any atom is 0.410 e. The largest absolute Gasteiger partial charge is 0.494 e. The van der Waals surface area contributed by atoms with Crippen molar-refractivity contribution in [3.8, 4) is 5.75 Å². The Bertz CT molecular complexity index is 725. The van der Waals surface area contributed by atoms with Gasteiger partial charge in [0.1, 0.15) is 30.7 Å². The molecule has 0 aliphatic carbocycles. The predicted octanol–water partition coefficient (Wildman–Crippen LogP) is 2.74. The molecule has 1 aliphatic heterocycles. The molecule has 3 rings (SSSR count). The van der Waals surface area contributed by atoms with E-state index in [2.05, 4.69) is 10.3 Å². The van der Waals surface area contributed by atoms with Gasteiger partial charge in [0.2, 0.25) is 0 Å². The fourth-order valence-electron chi connectivity index (χ4n) is 2.00. The first-order valence-corrected chi connectivity index (χ1v) is 6.93. The summed E-state index contributed by atoms with van der Waals surface area (Å²) in [6.07, 6.45) is 0.389. The molecule has 0 spiro atoms. The SMILES string of the molecule is COc1ccc(C2=COCCO2)c2sc(NC(=O)O)nc12. The lowest BCUT2D eigenvalue weighted by atomic mass is 10.1. The molecule has 2 heterocycles. The molecule has 7 nitrogen and oxygen atoms in total. The number of anilines is 1. The van der Waals surface area contributed by atoms with E-state index in [1.807, 2.05) is 6.07 Å². The summed E-state index contributed by atoms with van der Waals surface area (Å²) in [5.41, 5.74) is 1.38. The van der Waals surface area contributed by atoms with Crippen LogP contribution in [0.25, 0.3) is 16.0 Å². The number of carboxylic acid groups (broad SMARTS) is 1. The first kappa shape index (κ1) is 13.5. The molecule has 0 saturated heterocycles. The van der Waals surface area contributed by atoms with Crippen LogP contribution in [0.5, 0.6) is 5.75 Å². The molecule has 2 N–H and O–H groups in total. The Morgan fingerprint density at radius 1 is 1.48 bits per heavy atom. The van der Waals surface area contributed by atoms with Crippen molar-refractivity contribution in [1.82, 2.24) is 4.98 Å². The number of rotatable bonds is 3. The number of methoxy groups -OCH3 is 1. The smallest absolute Gasteiger partial charge is 0.410 e. The predicted molar refractivity (Wildman–Crippen MR) is 77.7 cm³/mol. The minimum atomic E-state index is -1.16. The summed E-state index contributed by atoms with van der Waals surface area (Å²) in [5, 5.41) is 11.3. The zero-order valence-corrected chi connectivity index (χ0v) is 11.9. The van der Waals surface area contributed by atoms with Gasteiger partial charge in [0, 0.05) is 5.56 Å². The first-order valence-electron chi connectivity index (χ1n) is 6.11. The molecule has 21 heavy (non-hydrogen) atoms. The lowest BCUT2D eigenvalue weighted by molar-refractivity contribution is 0.126. The van der Waals surface area contributed by atoms with Crippen LogP contribution in [0, 0.1) is 0 Å². The van der Waals surface area contributed by atoms with Gasteiger partial charge in [0.25, 0.3) is 0 Å². The summed E-state index contributed by atoms with van der Waals surface area (Å²) in [7, 11) is 1.54. The topological polar surface area (TPSA) is 89.9 Å². The van der Waals surface area contributed by atoms with Crippen LogP contribution in [0.15, 0.2) is 18.4 Å². The summed E-state index contributed by atoms with van der Waals surface area (Å²) >= 11 is 1.22. The Labute approximate surface area is 123 Å². The fourth-order valence-corrected chi connectivity index (χ4v) is 2.99. The lowest BCUT2D eigenvalue weighted by Gasteiger charge is -2.16. The minimum Gasteiger partial charge on any atom is -0.494 e. The normalized spacial score (nSPS) is 14.0. The van der Waals surface area contributed by atoms with Gasteiger partial charge in [-0.2, -0.15) is 0 Å². The van der Waals surface area contributed by atoms with Crippen molar-refractivity contribution in [3.63, 3.8) is 0 Å². The molecule has 1 aromatic carbocycles. The second-order valence-corrected chi connectivity index (χ2v) is 5.14. The van der Waals surface area contributed by atoms with Gasteiger partial charge in [0.05, 0.1) is 11.8 Å². The Balaban J connectivity index is 2.14. The van der Waals surface area contributed by atoms with E-state index in [4.69, 9.17) is 19.3 Å². The third-order valence-electron chi connectivity index (χ3n) is 2.85. The highest BCUT2D eigenvalue weighted by Gasteiger charge is 2.18. The van der Waals surface area contributed by atoms with Crippen LogP contribution in [0.1, 0.15) is 5.56 Å². The van der Waals surface area contributed by atoms with Crippen molar-refractivity contribution in [3.05, 3.63) is 24.0 Å². The van der Waals surface area contributed by atoms with E-state index in [1.165, 1.54) is 18.4 Å². The third kappa shape index (κ3) is 2.57. The molecular weight excluding hydrogens is 296 g/mol. The monoisotopic (exact) mass is 308 g/mol. The molecule has 110 valence electrons. The van der Waals surface area contributed by atoms with E-state index in [0.29, 0.717) is 30.2 Å². The lowest BCUT2D eigenvalue weighted by Crippen LogP contribution is -2.07. The van der Waals surface area contributed by atoms with Gasteiger partial charge in [-0.25, -0.2) is 9.78 Å². The summed E-state index contributed by atoms with van der Waals surface area (Å²) in [6, 6.07) is 3.60. The number of hydrogen-bond donors (Lipinski definition) is 2. The van der Waals surface area contributed by atoms with Crippen molar-refractivity contribution in [2.45, 2.75) is 0 Å². The van der Waals surface area contributed by atoms with E-state index in [1.54, 1.807) is 12.3 Å². The molecule has 1 aromatic heterocycles. The number of benzene rings is 1. The number of nitrogens with one attached hydrogen (secondary N) is 1. The van der Waals surface area contributed by atoms with E-state index < -0.39 is 6.09 Å². The molecule has 0 bridgehead atoms. The summed E-state index contributed by atoms with van der Waals surface area (Å²) in [4.78, 5) is 15.0. The van der Waals surface area contributed by atoms with Crippen molar-refractivity contribution in [2.24, 2.45) is 0 Å². The molecular formula is C13H12N2O5S. The molecule has 0 saturated carbocycles. The number of carbonyl (C=O) groups is 1. The van der Waals surface area contributed by atoms with Crippen LogP contribution in [0.4, 0.5) is 9.93 Å². The molecule has 8 heteroatoms. The van der Waals surface area contributed by atoms with Crippen LogP contribution in [-0.2, 0) is 9.47 Å². The summed E-state index contributed by atoms with van der Waals surface area (Å²) < 4.78 is 16.9. The average Bonchev–Trinajstić information content (AvgIpc) is 2.89. The number of nitrogens with zero attached hydrogens (tertiary/aromatic N) is 1. The second kappa shape index (κ2) is 5.49. The van der Waals surface area contributed by atoms with Gasteiger partial charge in [0.15, 0.2) is 10.9 Å². The van der Waals surface area contributed by atoms with Crippen molar-refractivity contribution < 1.29 is 24.1 Å². The van der Waals surface area contributed by atoms with Gasteiger partial charge in [-0.05, 0) is 12.1 Å². The van der Waals surface area contributed by atoms with Gasteiger partial charge < -0.3 is 19.3 Å². The molecule has 0 unspecified atom stereocenters. The van der Waals surface area contributed by atoms with Gasteiger partial charge in [-0.15, -0.1) is 0 Å². The molecule has 1 aliphatic rings. The first-order chi connectivity index (χ1) is 10.2. The molecule has 0 atom stereocenters. The number of hydrogen-bond acceptors (Lipinski definition) is 6. The quantitative estimate of drug-likeness (QED) is 0.906. The van der Waals surface area contributed by atoms with Crippen molar-refractivity contribution >= 4 is 38.5 Å². The maximum atomic E-state index is 10.8. The Kier molecular flexibility index (Phi) is 3.53. The third-order valence-corrected chi connectivity index (χ3v) is 3.86. The Morgan fingerprint density at radius 3 is 3.00 bits per heavy atom. The van der Waals surface area contributed by atoms with Crippen LogP contribution in [0.3, 0.4) is 0 Å². The standard InChI is InChI=1S/C13H12N2O5S/c1-18-8-3-2-7(9-6-19-4-5-20-9)11-10(8)14-12(21-11)15-13(16)17/h2-3,6H,4-5H2,1H3,(H,14,15)(H,16,17). The van der Waals surface area contributed by atoms with E-state index in [-0.39, 0.29) is 5.13 Å². The van der Waals surface area contributed by atoms with E-state index in [9.17, 15) is 4.79 Å². The molecule has 1 amide bonds. The number of fused-ring (bicyclic) bond motifs is 1. The minimum absolute atomic E-state index is 0.278. The van der Waals surface area contributed by atoms with E-state index >= 15 is 0 Å². The zero-order chi connectivity index (χ0) is 14.8. The highest BCUT2D eigenvalue weighted by molar-refractivity contribution is 7.22. The Hall–Kier alpha value is -2.48. The number of ether oxygens (including phenoxy) is 3. The molecule has 0 radical (unpaired) electrons. The van der Waals surface area contributed by atoms with Crippen LogP contribution < -0.4 is 10.1 Å².